The lowest BCUT2D eigenvalue weighted by Gasteiger charge is -2.17. The number of carbonyl (C=O) groups is 1. The third kappa shape index (κ3) is 4.21. The van der Waals surface area contributed by atoms with E-state index in [0.29, 0.717) is 20.9 Å². The second-order valence-electron chi connectivity index (χ2n) is 5.68. The minimum atomic E-state index is -0.150. The minimum Gasteiger partial charge on any atom is -0.324 e. The average Bonchev–Trinajstić information content (AvgIpc) is 2.56. The monoisotopic (exact) mass is 381 g/mol. The van der Waals surface area contributed by atoms with Crippen molar-refractivity contribution in [2.75, 3.05) is 11.1 Å². The number of rotatable bonds is 4. The highest BCUT2D eigenvalue weighted by Crippen LogP contribution is 2.27. The number of thioether (sulfide) groups is 1. The van der Waals surface area contributed by atoms with E-state index < -0.39 is 0 Å². The van der Waals surface area contributed by atoms with Gasteiger partial charge in [0.1, 0.15) is 0 Å². The van der Waals surface area contributed by atoms with E-state index >= 15 is 0 Å². The maximum absolute atomic E-state index is 12.1. The first kappa shape index (κ1) is 17.5. The SMILES string of the molecule is Cc1nc(SCC(=O)Nc2ccc(Cl)cc2Cl)nc2c1CCCC2. The zero-order valence-corrected chi connectivity index (χ0v) is 15.6. The van der Waals surface area contributed by atoms with E-state index in [0.717, 1.165) is 24.2 Å². The summed E-state index contributed by atoms with van der Waals surface area (Å²) in [6.07, 6.45) is 4.43. The fraction of sp³-hybridized carbons (Fsp3) is 0.353. The predicted molar refractivity (Wildman–Crippen MR) is 99.2 cm³/mol. The molecular weight excluding hydrogens is 365 g/mol. The summed E-state index contributed by atoms with van der Waals surface area (Å²) in [4.78, 5) is 21.3. The Morgan fingerprint density at radius 2 is 2.04 bits per heavy atom. The highest BCUT2D eigenvalue weighted by Gasteiger charge is 2.16. The van der Waals surface area contributed by atoms with E-state index in [4.69, 9.17) is 23.2 Å². The summed E-state index contributed by atoms with van der Waals surface area (Å²) in [5.41, 5.74) is 4.00. The van der Waals surface area contributed by atoms with Crippen LogP contribution in [0.5, 0.6) is 0 Å². The maximum Gasteiger partial charge on any atom is 0.234 e. The molecule has 3 rings (SSSR count). The number of hydrogen-bond donors (Lipinski definition) is 1. The molecule has 126 valence electrons. The Bertz CT molecular complexity index is 783. The second kappa shape index (κ2) is 7.72. The van der Waals surface area contributed by atoms with Gasteiger partial charge in [0, 0.05) is 16.4 Å². The molecule has 4 nitrogen and oxygen atoms in total. The van der Waals surface area contributed by atoms with Crippen molar-refractivity contribution in [3.63, 3.8) is 0 Å². The molecule has 1 aromatic carbocycles. The van der Waals surface area contributed by atoms with Gasteiger partial charge in [-0.15, -0.1) is 0 Å². The van der Waals surface area contributed by atoms with Crippen LogP contribution in [0.3, 0.4) is 0 Å². The number of hydrogen-bond acceptors (Lipinski definition) is 4. The van der Waals surface area contributed by atoms with Gasteiger partial charge in [-0.3, -0.25) is 4.79 Å². The van der Waals surface area contributed by atoms with E-state index in [9.17, 15) is 4.79 Å². The van der Waals surface area contributed by atoms with Gasteiger partial charge in [-0.25, -0.2) is 9.97 Å². The molecule has 7 heteroatoms. The van der Waals surface area contributed by atoms with E-state index in [2.05, 4.69) is 15.3 Å². The van der Waals surface area contributed by atoms with Crippen LogP contribution in [0.2, 0.25) is 10.0 Å². The van der Waals surface area contributed by atoms with E-state index in [1.807, 2.05) is 6.92 Å². The standard InChI is InChI=1S/C17H17Cl2N3OS/c1-10-12-4-2-3-5-14(12)22-17(20-10)24-9-16(23)21-15-7-6-11(18)8-13(15)19/h6-8H,2-5,9H2,1H3,(H,21,23). The Balaban J connectivity index is 1.63. The minimum absolute atomic E-state index is 0.150. The van der Waals surface area contributed by atoms with Gasteiger partial charge in [-0.05, 0) is 56.4 Å². The van der Waals surface area contributed by atoms with Crippen molar-refractivity contribution in [3.8, 4) is 0 Å². The van der Waals surface area contributed by atoms with Crippen molar-refractivity contribution in [3.05, 3.63) is 45.2 Å². The molecule has 0 saturated heterocycles. The topological polar surface area (TPSA) is 54.9 Å². The Kier molecular flexibility index (Phi) is 5.64. The third-order valence-electron chi connectivity index (χ3n) is 3.91. The van der Waals surface area contributed by atoms with Gasteiger partial charge in [0.25, 0.3) is 0 Å². The van der Waals surface area contributed by atoms with Gasteiger partial charge < -0.3 is 5.32 Å². The Labute approximate surface area is 155 Å². The van der Waals surface area contributed by atoms with Crippen LogP contribution in [-0.2, 0) is 17.6 Å². The van der Waals surface area contributed by atoms with Crippen LogP contribution in [0.1, 0.15) is 29.8 Å². The molecule has 1 heterocycles. The number of halogens is 2. The normalized spacial score (nSPS) is 13.5. The maximum atomic E-state index is 12.1. The number of nitrogens with one attached hydrogen (secondary N) is 1. The van der Waals surface area contributed by atoms with Crippen molar-refractivity contribution in [1.82, 2.24) is 9.97 Å². The van der Waals surface area contributed by atoms with Crippen LogP contribution < -0.4 is 5.32 Å². The molecule has 0 bridgehead atoms. The molecule has 24 heavy (non-hydrogen) atoms. The van der Waals surface area contributed by atoms with Gasteiger partial charge in [0.05, 0.1) is 16.5 Å². The fourth-order valence-corrected chi connectivity index (χ4v) is 3.89. The lowest BCUT2D eigenvalue weighted by molar-refractivity contribution is -0.113. The van der Waals surface area contributed by atoms with Gasteiger partial charge >= 0.3 is 0 Å². The molecule has 2 aromatic rings. The molecule has 1 aliphatic rings. The first-order valence-electron chi connectivity index (χ1n) is 7.77. The summed E-state index contributed by atoms with van der Waals surface area (Å²) >= 11 is 13.3. The van der Waals surface area contributed by atoms with Gasteiger partial charge in [-0.1, -0.05) is 35.0 Å². The molecule has 1 N–H and O–H groups in total. The predicted octanol–water partition coefficient (Wildman–Crippen LogP) is 4.70. The first-order chi connectivity index (χ1) is 11.5. The number of aromatic nitrogens is 2. The number of aryl methyl sites for hydroxylation is 2. The number of fused-ring (bicyclic) bond motifs is 1. The average molecular weight is 382 g/mol. The molecule has 0 unspecified atom stereocenters. The second-order valence-corrected chi connectivity index (χ2v) is 7.47. The smallest absolute Gasteiger partial charge is 0.234 e. The molecule has 1 amide bonds. The summed E-state index contributed by atoms with van der Waals surface area (Å²) in [7, 11) is 0. The van der Waals surface area contributed by atoms with Crippen LogP contribution in [0.15, 0.2) is 23.4 Å². The van der Waals surface area contributed by atoms with Crippen molar-refractivity contribution < 1.29 is 4.79 Å². The number of nitrogens with zero attached hydrogens (tertiary/aromatic N) is 2. The van der Waals surface area contributed by atoms with E-state index in [1.54, 1.807) is 18.2 Å². The zero-order chi connectivity index (χ0) is 17.1. The van der Waals surface area contributed by atoms with Crippen LogP contribution in [0.25, 0.3) is 0 Å². The number of amides is 1. The quantitative estimate of drug-likeness (QED) is 0.615. The van der Waals surface area contributed by atoms with Crippen molar-refractivity contribution >= 4 is 46.6 Å². The van der Waals surface area contributed by atoms with Gasteiger partial charge in [0.15, 0.2) is 5.16 Å². The molecule has 0 saturated carbocycles. The zero-order valence-electron chi connectivity index (χ0n) is 13.2. The fourth-order valence-electron chi connectivity index (χ4n) is 2.73. The summed E-state index contributed by atoms with van der Waals surface area (Å²) in [5.74, 6) is 0.0835. The number of carbonyl (C=O) groups excluding carboxylic acids is 1. The number of anilines is 1. The van der Waals surface area contributed by atoms with Crippen LogP contribution in [0, 0.1) is 6.92 Å². The lowest BCUT2D eigenvalue weighted by Crippen LogP contribution is -2.15. The molecule has 0 radical (unpaired) electrons. The summed E-state index contributed by atoms with van der Waals surface area (Å²) in [6.45, 7) is 2.02. The molecule has 1 aromatic heterocycles. The van der Waals surface area contributed by atoms with Crippen molar-refractivity contribution in [2.24, 2.45) is 0 Å². The van der Waals surface area contributed by atoms with Crippen LogP contribution >= 0.6 is 35.0 Å². The third-order valence-corrected chi connectivity index (χ3v) is 5.30. The highest BCUT2D eigenvalue weighted by atomic mass is 35.5. The van der Waals surface area contributed by atoms with Gasteiger partial charge in [-0.2, -0.15) is 0 Å². The van der Waals surface area contributed by atoms with Gasteiger partial charge in [0.2, 0.25) is 5.91 Å². The Morgan fingerprint density at radius 1 is 1.25 bits per heavy atom. The molecule has 0 atom stereocenters. The lowest BCUT2D eigenvalue weighted by atomic mass is 9.95. The summed E-state index contributed by atoms with van der Waals surface area (Å²) < 4.78 is 0. The molecule has 0 spiro atoms. The molecule has 1 aliphatic carbocycles. The Hall–Kier alpha value is -1.30. The van der Waals surface area contributed by atoms with Crippen molar-refractivity contribution in [1.29, 1.82) is 0 Å². The summed E-state index contributed by atoms with van der Waals surface area (Å²) in [5, 5.41) is 4.39. The molecule has 0 fully saturated rings. The van der Waals surface area contributed by atoms with Crippen LogP contribution in [0.4, 0.5) is 5.69 Å². The molecular formula is C17H17Cl2N3OS. The molecule has 0 aliphatic heterocycles. The largest absolute Gasteiger partial charge is 0.324 e. The Morgan fingerprint density at radius 3 is 2.83 bits per heavy atom. The van der Waals surface area contributed by atoms with E-state index in [1.165, 1.54) is 30.2 Å². The van der Waals surface area contributed by atoms with Crippen LogP contribution in [-0.4, -0.2) is 21.6 Å². The number of benzene rings is 1. The van der Waals surface area contributed by atoms with E-state index in [-0.39, 0.29) is 11.7 Å². The first-order valence-corrected chi connectivity index (χ1v) is 9.51. The highest BCUT2D eigenvalue weighted by molar-refractivity contribution is 7.99. The summed E-state index contributed by atoms with van der Waals surface area (Å²) in [6, 6.07) is 4.97. The van der Waals surface area contributed by atoms with Crippen molar-refractivity contribution in [2.45, 2.75) is 37.8 Å².